The molecule has 1 atom stereocenters. The second-order valence-corrected chi connectivity index (χ2v) is 7.16. The summed E-state index contributed by atoms with van der Waals surface area (Å²) in [7, 11) is 0. The Kier molecular flexibility index (Phi) is 3.74. The van der Waals surface area contributed by atoms with Gasteiger partial charge in [0.25, 0.3) is 0 Å². The Labute approximate surface area is 147 Å². The third kappa shape index (κ3) is 2.77. The number of nitrogens with zero attached hydrogens (tertiary/aromatic N) is 4. The van der Waals surface area contributed by atoms with E-state index in [-0.39, 0.29) is 12.5 Å². The molecule has 4 rings (SSSR count). The molecule has 1 aromatic heterocycles. The highest BCUT2D eigenvalue weighted by Crippen LogP contribution is 2.46. The number of aliphatic imine (C=N–C) groups is 1. The van der Waals surface area contributed by atoms with Crippen molar-refractivity contribution >= 4 is 17.0 Å². The molecule has 1 fully saturated rings. The Morgan fingerprint density at radius 1 is 1.36 bits per heavy atom. The van der Waals surface area contributed by atoms with Gasteiger partial charge in [0.2, 0.25) is 0 Å². The standard InChI is InChI=1S/C17H15F3N4S/c1-10-6-14(13-9-25-8-12(13)7-21)22-15-4-5-23(24(10)15)16(11-2-3-11)17(18,19)20/h4,6,8-9,11,16H,2-3,5H2,1H3. The summed E-state index contributed by atoms with van der Waals surface area (Å²) in [6.07, 6.45) is 0.425. The van der Waals surface area contributed by atoms with Crippen LogP contribution in [0, 0.1) is 17.2 Å². The average Bonchev–Trinajstić information content (AvgIpc) is 3.09. The fraction of sp³-hybridized carbons (Fsp3) is 0.412. The van der Waals surface area contributed by atoms with Crippen LogP contribution >= 0.6 is 11.3 Å². The number of rotatable bonds is 3. The maximum Gasteiger partial charge on any atom is 0.406 e. The second kappa shape index (κ2) is 5.71. The van der Waals surface area contributed by atoms with Gasteiger partial charge in [0.1, 0.15) is 17.9 Å². The van der Waals surface area contributed by atoms with Crippen LogP contribution in [0.15, 0.2) is 39.4 Å². The van der Waals surface area contributed by atoms with E-state index in [9.17, 15) is 18.4 Å². The first kappa shape index (κ1) is 16.4. The lowest BCUT2D eigenvalue weighted by molar-refractivity contribution is -0.212. The quantitative estimate of drug-likeness (QED) is 0.813. The predicted molar refractivity (Wildman–Crippen MR) is 88.5 cm³/mol. The number of thiophene rings is 1. The minimum Gasteiger partial charge on any atom is -0.261 e. The zero-order chi connectivity index (χ0) is 17.8. The summed E-state index contributed by atoms with van der Waals surface area (Å²) >= 11 is 1.41. The molecule has 0 radical (unpaired) electrons. The van der Waals surface area contributed by atoms with Gasteiger partial charge in [-0.2, -0.15) is 34.8 Å². The minimum atomic E-state index is -4.27. The van der Waals surface area contributed by atoms with E-state index in [2.05, 4.69) is 11.1 Å². The van der Waals surface area contributed by atoms with Crippen molar-refractivity contribution in [1.82, 2.24) is 10.0 Å². The van der Waals surface area contributed by atoms with Crippen LogP contribution in [0.4, 0.5) is 13.2 Å². The molecule has 4 nitrogen and oxygen atoms in total. The molecule has 1 saturated carbocycles. The maximum absolute atomic E-state index is 13.6. The van der Waals surface area contributed by atoms with Crippen molar-refractivity contribution in [1.29, 1.82) is 5.26 Å². The molecule has 0 N–H and O–H groups in total. The molecule has 0 amide bonds. The molecule has 1 unspecified atom stereocenters. The summed E-state index contributed by atoms with van der Waals surface area (Å²) in [5.41, 5.74) is 2.55. The summed E-state index contributed by atoms with van der Waals surface area (Å²) in [6.45, 7) is 1.96. The molecule has 2 aliphatic heterocycles. The van der Waals surface area contributed by atoms with E-state index in [1.54, 1.807) is 29.5 Å². The Bertz CT molecular complexity index is 839. The lowest BCUT2D eigenvalue weighted by Crippen LogP contribution is -2.52. The summed E-state index contributed by atoms with van der Waals surface area (Å²) in [5.74, 6) is 0.160. The van der Waals surface area contributed by atoms with Gasteiger partial charge in [-0.25, -0.2) is 4.99 Å². The largest absolute Gasteiger partial charge is 0.406 e. The van der Waals surface area contributed by atoms with E-state index in [4.69, 9.17) is 0 Å². The number of hydrazine groups is 1. The van der Waals surface area contributed by atoms with Crippen LogP contribution in [0.5, 0.6) is 0 Å². The number of nitriles is 1. The van der Waals surface area contributed by atoms with E-state index < -0.39 is 12.2 Å². The van der Waals surface area contributed by atoms with Crippen LogP contribution in [0.1, 0.15) is 30.9 Å². The van der Waals surface area contributed by atoms with E-state index in [0.29, 0.717) is 35.6 Å². The molecular formula is C17H15F3N4S. The van der Waals surface area contributed by atoms with Gasteiger partial charge in [-0.15, -0.1) is 0 Å². The number of fused-ring (bicyclic) bond motifs is 1. The second-order valence-electron chi connectivity index (χ2n) is 6.41. The summed E-state index contributed by atoms with van der Waals surface area (Å²) in [4.78, 5) is 4.51. The summed E-state index contributed by atoms with van der Waals surface area (Å²) in [5, 5.41) is 15.7. The van der Waals surface area contributed by atoms with Crippen LogP contribution in [0.25, 0.3) is 0 Å². The first-order chi connectivity index (χ1) is 11.9. The van der Waals surface area contributed by atoms with Crippen LogP contribution in [0.2, 0.25) is 0 Å². The van der Waals surface area contributed by atoms with Crippen molar-refractivity contribution in [3.63, 3.8) is 0 Å². The Morgan fingerprint density at radius 2 is 2.12 bits per heavy atom. The fourth-order valence-electron chi connectivity index (χ4n) is 3.42. The van der Waals surface area contributed by atoms with Crippen LogP contribution < -0.4 is 0 Å². The molecule has 0 spiro atoms. The van der Waals surface area contributed by atoms with Crippen molar-refractivity contribution in [2.45, 2.75) is 32.0 Å². The van der Waals surface area contributed by atoms with Crippen molar-refractivity contribution in [2.75, 3.05) is 6.54 Å². The van der Waals surface area contributed by atoms with Gasteiger partial charge >= 0.3 is 6.18 Å². The van der Waals surface area contributed by atoms with Crippen molar-refractivity contribution in [3.8, 4) is 6.07 Å². The SMILES string of the molecule is CC1=CC(c2cscc2C#N)=NC2=CCN(C(C3CC3)C(F)(F)F)N12. The highest BCUT2D eigenvalue weighted by atomic mass is 32.1. The molecule has 8 heteroatoms. The highest BCUT2D eigenvalue weighted by molar-refractivity contribution is 7.08. The van der Waals surface area contributed by atoms with Crippen molar-refractivity contribution < 1.29 is 13.2 Å². The number of hydrogen-bond donors (Lipinski definition) is 0. The van der Waals surface area contributed by atoms with Gasteiger partial charge < -0.3 is 0 Å². The molecule has 130 valence electrons. The number of alkyl halides is 3. The number of hydrogen-bond acceptors (Lipinski definition) is 5. The van der Waals surface area contributed by atoms with Crippen LogP contribution in [-0.2, 0) is 0 Å². The zero-order valence-corrected chi connectivity index (χ0v) is 14.2. The Morgan fingerprint density at radius 3 is 2.76 bits per heavy atom. The Hall–Kier alpha value is -2.11. The van der Waals surface area contributed by atoms with Gasteiger partial charge in [-0.05, 0) is 37.8 Å². The van der Waals surface area contributed by atoms with Crippen LogP contribution in [-0.4, -0.2) is 34.5 Å². The summed E-state index contributed by atoms with van der Waals surface area (Å²) in [6, 6.07) is 0.651. The van der Waals surface area contributed by atoms with Crippen molar-refractivity contribution in [2.24, 2.45) is 10.9 Å². The van der Waals surface area contributed by atoms with Crippen LogP contribution in [0.3, 0.4) is 0 Å². The van der Waals surface area contributed by atoms with Gasteiger partial charge in [0.15, 0.2) is 0 Å². The molecule has 0 aromatic carbocycles. The monoisotopic (exact) mass is 364 g/mol. The minimum absolute atomic E-state index is 0.187. The number of allylic oxidation sites excluding steroid dienone is 2. The van der Waals surface area contributed by atoms with Gasteiger partial charge in [-0.3, -0.25) is 5.01 Å². The number of halogens is 3. The van der Waals surface area contributed by atoms with Gasteiger partial charge in [0, 0.05) is 28.6 Å². The van der Waals surface area contributed by atoms with Gasteiger partial charge in [0.05, 0.1) is 11.3 Å². The first-order valence-corrected chi connectivity index (χ1v) is 8.91. The third-order valence-electron chi connectivity index (χ3n) is 4.63. The fourth-order valence-corrected chi connectivity index (χ4v) is 4.18. The molecule has 1 aromatic rings. The first-order valence-electron chi connectivity index (χ1n) is 7.97. The molecular weight excluding hydrogens is 349 g/mol. The maximum atomic E-state index is 13.6. The Balaban J connectivity index is 1.67. The smallest absolute Gasteiger partial charge is 0.261 e. The average molecular weight is 364 g/mol. The third-order valence-corrected chi connectivity index (χ3v) is 5.38. The molecule has 0 saturated heterocycles. The normalized spacial score (nSPS) is 22.0. The van der Waals surface area contributed by atoms with E-state index >= 15 is 0 Å². The zero-order valence-electron chi connectivity index (χ0n) is 13.4. The lowest BCUT2D eigenvalue weighted by Gasteiger charge is -2.39. The van der Waals surface area contributed by atoms with E-state index in [1.165, 1.54) is 16.3 Å². The van der Waals surface area contributed by atoms with E-state index in [1.807, 2.05) is 5.38 Å². The topological polar surface area (TPSA) is 42.6 Å². The predicted octanol–water partition coefficient (Wildman–Crippen LogP) is 4.04. The van der Waals surface area contributed by atoms with Gasteiger partial charge in [-0.1, -0.05) is 0 Å². The molecule has 3 aliphatic rings. The lowest BCUT2D eigenvalue weighted by atomic mass is 10.1. The summed E-state index contributed by atoms with van der Waals surface area (Å²) < 4.78 is 40.7. The molecule has 1 aliphatic carbocycles. The molecule has 25 heavy (non-hydrogen) atoms. The van der Waals surface area contributed by atoms with Crippen molar-refractivity contribution in [3.05, 3.63) is 45.6 Å². The molecule has 3 heterocycles. The molecule has 0 bridgehead atoms. The highest BCUT2D eigenvalue weighted by Gasteiger charge is 2.54. The van der Waals surface area contributed by atoms with E-state index in [0.717, 1.165) is 5.56 Å².